The third kappa shape index (κ3) is 6.17. The summed E-state index contributed by atoms with van der Waals surface area (Å²) in [4.78, 5) is 24.2. The van der Waals surface area contributed by atoms with Gasteiger partial charge < -0.3 is 14.8 Å². The summed E-state index contributed by atoms with van der Waals surface area (Å²) >= 11 is 0. The molecule has 0 aliphatic heterocycles. The summed E-state index contributed by atoms with van der Waals surface area (Å²) in [6, 6.07) is 24.0. The van der Waals surface area contributed by atoms with E-state index in [0.29, 0.717) is 23.8 Å². The Labute approximate surface area is 180 Å². The van der Waals surface area contributed by atoms with Gasteiger partial charge in [-0.15, -0.1) is 0 Å². The van der Waals surface area contributed by atoms with Gasteiger partial charge >= 0.3 is 11.8 Å². The summed E-state index contributed by atoms with van der Waals surface area (Å²) in [5.74, 6) is -0.544. The van der Waals surface area contributed by atoms with Crippen molar-refractivity contribution >= 4 is 23.2 Å². The average Bonchev–Trinajstić information content (AvgIpc) is 2.82. The molecule has 0 aliphatic carbocycles. The molecular formula is C24H23N3O4. The van der Waals surface area contributed by atoms with Crippen molar-refractivity contribution in [2.24, 2.45) is 5.10 Å². The molecule has 3 aromatic rings. The zero-order valence-electron chi connectivity index (χ0n) is 17.3. The molecule has 0 bridgehead atoms. The number of anilines is 1. The van der Waals surface area contributed by atoms with E-state index in [1.54, 1.807) is 31.2 Å². The second-order valence-corrected chi connectivity index (χ2v) is 6.59. The molecule has 0 fully saturated rings. The number of ether oxygens (including phenoxy) is 2. The number of nitrogens with one attached hydrogen (secondary N) is 2. The van der Waals surface area contributed by atoms with Crippen LogP contribution in [0.2, 0.25) is 0 Å². The van der Waals surface area contributed by atoms with Crippen LogP contribution >= 0.6 is 0 Å². The molecule has 158 valence electrons. The maximum Gasteiger partial charge on any atom is 0.329 e. The summed E-state index contributed by atoms with van der Waals surface area (Å²) < 4.78 is 10.9. The number of amides is 2. The number of para-hydroxylation sites is 2. The minimum atomic E-state index is -0.881. The first-order chi connectivity index (χ1) is 15.1. The average molecular weight is 417 g/mol. The molecule has 2 N–H and O–H groups in total. The Morgan fingerprint density at radius 2 is 1.55 bits per heavy atom. The molecule has 3 rings (SSSR count). The first kappa shape index (κ1) is 21.6. The lowest BCUT2D eigenvalue weighted by Crippen LogP contribution is -2.33. The zero-order chi connectivity index (χ0) is 22.1. The van der Waals surface area contributed by atoms with E-state index in [9.17, 15) is 9.59 Å². The van der Waals surface area contributed by atoms with Crippen LogP contribution in [-0.2, 0) is 16.2 Å². The van der Waals surface area contributed by atoms with Gasteiger partial charge in [-0.05, 0) is 54.4 Å². The predicted octanol–water partition coefficient (Wildman–Crippen LogP) is 3.75. The monoisotopic (exact) mass is 417 g/mol. The molecule has 0 unspecified atom stereocenters. The molecule has 0 atom stereocenters. The van der Waals surface area contributed by atoms with Crippen LogP contribution in [0.25, 0.3) is 0 Å². The van der Waals surface area contributed by atoms with Crippen molar-refractivity contribution in [1.82, 2.24) is 5.43 Å². The topological polar surface area (TPSA) is 89.0 Å². The van der Waals surface area contributed by atoms with Crippen LogP contribution in [0.15, 0.2) is 84.0 Å². The number of hydrogen-bond acceptors (Lipinski definition) is 5. The lowest BCUT2D eigenvalue weighted by molar-refractivity contribution is -0.136. The van der Waals surface area contributed by atoms with E-state index in [2.05, 4.69) is 15.8 Å². The number of carbonyl (C=O) groups is 2. The Morgan fingerprint density at radius 3 is 2.26 bits per heavy atom. The highest BCUT2D eigenvalue weighted by Gasteiger charge is 2.15. The van der Waals surface area contributed by atoms with E-state index in [0.717, 1.165) is 16.9 Å². The van der Waals surface area contributed by atoms with Crippen LogP contribution < -0.4 is 20.2 Å². The largest absolute Gasteiger partial charge is 0.495 e. The smallest absolute Gasteiger partial charge is 0.329 e. The summed E-state index contributed by atoms with van der Waals surface area (Å²) in [5.41, 5.74) is 5.08. The van der Waals surface area contributed by atoms with Gasteiger partial charge in [0.15, 0.2) is 0 Å². The third-order valence-electron chi connectivity index (χ3n) is 4.41. The highest BCUT2D eigenvalue weighted by Crippen LogP contribution is 2.22. The number of rotatable bonds is 7. The number of benzene rings is 3. The number of hydrogen-bond donors (Lipinski definition) is 2. The van der Waals surface area contributed by atoms with Crippen LogP contribution in [0.3, 0.4) is 0 Å². The molecule has 0 aromatic heterocycles. The molecule has 31 heavy (non-hydrogen) atoms. The molecule has 0 heterocycles. The summed E-state index contributed by atoms with van der Waals surface area (Å²) in [6.07, 6.45) is 0. The van der Waals surface area contributed by atoms with E-state index in [1.807, 2.05) is 54.6 Å². The van der Waals surface area contributed by atoms with Crippen LogP contribution in [0, 0.1) is 0 Å². The van der Waals surface area contributed by atoms with Gasteiger partial charge in [0.05, 0.1) is 18.5 Å². The first-order valence-corrected chi connectivity index (χ1v) is 9.62. The van der Waals surface area contributed by atoms with Crippen LogP contribution in [0.4, 0.5) is 5.69 Å². The fourth-order valence-electron chi connectivity index (χ4n) is 2.71. The molecule has 0 saturated carbocycles. The maximum atomic E-state index is 12.1. The van der Waals surface area contributed by atoms with E-state index >= 15 is 0 Å². The fourth-order valence-corrected chi connectivity index (χ4v) is 2.71. The third-order valence-corrected chi connectivity index (χ3v) is 4.41. The Kier molecular flexibility index (Phi) is 7.37. The summed E-state index contributed by atoms with van der Waals surface area (Å²) in [6.45, 7) is 2.21. The molecule has 2 amide bonds. The van der Waals surface area contributed by atoms with E-state index in [1.165, 1.54) is 7.11 Å². The fraction of sp³-hybridized carbons (Fsp3) is 0.125. The standard InChI is InChI=1S/C24H23N3O4/c1-17(19-12-14-20(15-13-19)31-16-18-8-4-3-5-9-18)26-27-24(29)23(28)25-21-10-6-7-11-22(21)30-2/h3-15H,16H2,1-2H3,(H,25,28)(H,27,29)/b26-17+. The molecule has 0 aliphatic rings. The zero-order valence-corrected chi connectivity index (χ0v) is 17.3. The van der Waals surface area contributed by atoms with E-state index in [4.69, 9.17) is 9.47 Å². The lowest BCUT2D eigenvalue weighted by atomic mass is 10.1. The van der Waals surface area contributed by atoms with Crippen molar-refractivity contribution < 1.29 is 19.1 Å². The maximum absolute atomic E-state index is 12.1. The molecule has 7 nitrogen and oxygen atoms in total. The highest BCUT2D eigenvalue weighted by molar-refractivity contribution is 6.39. The van der Waals surface area contributed by atoms with Gasteiger partial charge in [0.25, 0.3) is 0 Å². The number of methoxy groups -OCH3 is 1. The Balaban J connectivity index is 1.54. The molecule has 7 heteroatoms. The Bertz CT molecular complexity index is 1060. The van der Waals surface area contributed by atoms with E-state index < -0.39 is 11.8 Å². The van der Waals surface area contributed by atoms with Gasteiger partial charge in [-0.2, -0.15) is 5.10 Å². The highest BCUT2D eigenvalue weighted by atomic mass is 16.5. The normalized spacial score (nSPS) is 10.8. The minimum absolute atomic E-state index is 0.400. The summed E-state index contributed by atoms with van der Waals surface area (Å²) in [7, 11) is 1.48. The quantitative estimate of drug-likeness (QED) is 0.348. The lowest BCUT2D eigenvalue weighted by Gasteiger charge is -2.09. The molecule has 0 saturated heterocycles. The number of carbonyl (C=O) groups excluding carboxylic acids is 2. The van der Waals surface area contributed by atoms with Crippen LogP contribution in [-0.4, -0.2) is 24.6 Å². The van der Waals surface area contributed by atoms with Gasteiger partial charge in [0, 0.05) is 0 Å². The van der Waals surface area contributed by atoms with Gasteiger partial charge in [0.1, 0.15) is 18.1 Å². The van der Waals surface area contributed by atoms with Crippen LogP contribution in [0.1, 0.15) is 18.1 Å². The van der Waals surface area contributed by atoms with Crippen molar-refractivity contribution in [2.75, 3.05) is 12.4 Å². The van der Waals surface area contributed by atoms with Gasteiger partial charge in [-0.3, -0.25) is 9.59 Å². The second kappa shape index (κ2) is 10.6. The van der Waals surface area contributed by atoms with Crippen molar-refractivity contribution in [2.45, 2.75) is 13.5 Å². The second-order valence-electron chi connectivity index (χ2n) is 6.59. The molecular weight excluding hydrogens is 394 g/mol. The van der Waals surface area contributed by atoms with Gasteiger partial charge in [-0.25, -0.2) is 5.43 Å². The Hall–Kier alpha value is -4.13. The predicted molar refractivity (Wildman–Crippen MR) is 119 cm³/mol. The SMILES string of the molecule is COc1ccccc1NC(=O)C(=O)N/N=C(\C)c1ccc(OCc2ccccc2)cc1. The molecule has 3 aromatic carbocycles. The van der Waals surface area contributed by atoms with Crippen molar-refractivity contribution in [1.29, 1.82) is 0 Å². The van der Waals surface area contributed by atoms with Crippen molar-refractivity contribution in [3.05, 3.63) is 90.0 Å². The van der Waals surface area contributed by atoms with E-state index in [-0.39, 0.29) is 0 Å². The van der Waals surface area contributed by atoms with Crippen molar-refractivity contribution in [3.8, 4) is 11.5 Å². The first-order valence-electron chi connectivity index (χ1n) is 9.62. The molecule has 0 spiro atoms. The Morgan fingerprint density at radius 1 is 0.871 bits per heavy atom. The number of hydrazone groups is 1. The number of nitrogens with zero attached hydrogens (tertiary/aromatic N) is 1. The van der Waals surface area contributed by atoms with Crippen LogP contribution in [0.5, 0.6) is 11.5 Å². The van der Waals surface area contributed by atoms with Crippen molar-refractivity contribution in [3.63, 3.8) is 0 Å². The van der Waals surface area contributed by atoms with Gasteiger partial charge in [-0.1, -0.05) is 42.5 Å². The molecule has 0 radical (unpaired) electrons. The van der Waals surface area contributed by atoms with Gasteiger partial charge in [0.2, 0.25) is 0 Å². The summed E-state index contributed by atoms with van der Waals surface area (Å²) in [5, 5.41) is 6.50. The minimum Gasteiger partial charge on any atom is -0.495 e.